The fourth-order valence-corrected chi connectivity index (χ4v) is 4.03. The third kappa shape index (κ3) is 2.37. The molecule has 0 spiro atoms. The molecule has 20 heavy (non-hydrogen) atoms. The highest BCUT2D eigenvalue weighted by Gasteiger charge is 2.41. The maximum Gasteiger partial charge on any atom is 0.0587 e. The van der Waals surface area contributed by atoms with Crippen LogP contribution < -0.4 is 5.73 Å². The van der Waals surface area contributed by atoms with E-state index < -0.39 is 0 Å². The van der Waals surface area contributed by atoms with E-state index in [1.54, 1.807) is 0 Å². The van der Waals surface area contributed by atoms with Gasteiger partial charge in [-0.15, -0.1) is 0 Å². The summed E-state index contributed by atoms with van der Waals surface area (Å²) in [6.45, 7) is 5.17. The fourth-order valence-electron chi connectivity index (χ4n) is 3.83. The van der Waals surface area contributed by atoms with Gasteiger partial charge in [0.1, 0.15) is 0 Å². The Morgan fingerprint density at radius 1 is 1.25 bits per heavy atom. The number of aryl methyl sites for hydroxylation is 1. The monoisotopic (exact) mass is 293 g/mol. The van der Waals surface area contributed by atoms with Crippen molar-refractivity contribution in [2.75, 3.05) is 39.8 Å². The van der Waals surface area contributed by atoms with Gasteiger partial charge in [-0.05, 0) is 49.6 Å². The molecule has 2 aliphatic rings. The summed E-state index contributed by atoms with van der Waals surface area (Å²) < 4.78 is 0. The van der Waals surface area contributed by atoms with Crippen molar-refractivity contribution >= 4 is 11.6 Å². The minimum Gasteiger partial charge on any atom is -0.328 e. The summed E-state index contributed by atoms with van der Waals surface area (Å²) in [6.07, 6.45) is 3.50. The number of rotatable bonds is 2. The topological polar surface area (TPSA) is 32.5 Å². The van der Waals surface area contributed by atoms with Crippen molar-refractivity contribution in [1.29, 1.82) is 0 Å². The van der Waals surface area contributed by atoms with Crippen molar-refractivity contribution in [3.05, 3.63) is 34.3 Å². The van der Waals surface area contributed by atoms with Crippen molar-refractivity contribution in [1.82, 2.24) is 9.80 Å². The third-order valence-electron chi connectivity index (χ3n) is 5.05. The molecule has 3 rings (SSSR count). The number of hydrogen-bond acceptors (Lipinski definition) is 3. The first-order valence-electron chi connectivity index (χ1n) is 7.58. The number of hydrogen-bond donors (Lipinski definition) is 1. The average molecular weight is 294 g/mol. The predicted molar refractivity (Wildman–Crippen MR) is 84.2 cm³/mol. The van der Waals surface area contributed by atoms with E-state index in [4.69, 9.17) is 17.3 Å². The molecular weight excluding hydrogens is 270 g/mol. The van der Waals surface area contributed by atoms with E-state index in [1.165, 1.54) is 24.0 Å². The Morgan fingerprint density at radius 3 is 2.70 bits per heavy atom. The van der Waals surface area contributed by atoms with Crippen LogP contribution in [0, 0.1) is 0 Å². The zero-order valence-electron chi connectivity index (χ0n) is 12.2. The molecule has 1 saturated heterocycles. The van der Waals surface area contributed by atoms with Gasteiger partial charge in [0.15, 0.2) is 0 Å². The van der Waals surface area contributed by atoms with Crippen LogP contribution >= 0.6 is 11.6 Å². The molecule has 1 unspecified atom stereocenters. The highest BCUT2D eigenvalue weighted by atomic mass is 35.5. The smallest absolute Gasteiger partial charge is 0.0587 e. The second-order valence-corrected chi connectivity index (χ2v) is 6.62. The quantitative estimate of drug-likeness (QED) is 0.906. The van der Waals surface area contributed by atoms with Gasteiger partial charge in [0.2, 0.25) is 0 Å². The summed E-state index contributed by atoms with van der Waals surface area (Å²) >= 11 is 6.17. The lowest BCUT2D eigenvalue weighted by molar-refractivity contribution is 0.0300. The van der Waals surface area contributed by atoms with Crippen LogP contribution in [0.2, 0.25) is 5.02 Å². The molecule has 0 amide bonds. The Kier molecular flexibility index (Phi) is 4.04. The summed E-state index contributed by atoms with van der Waals surface area (Å²) in [7, 11) is 2.20. The maximum absolute atomic E-state index is 6.27. The van der Waals surface area contributed by atoms with Gasteiger partial charge in [0.05, 0.1) is 5.54 Å². The predicted octanol–water partition coefficient (Wildman–Crippen LogP) is 2.08. The molecule has 1 aliphatic carbocycles. The van der Waals surface area contributed by atoms with Gasteiger partial charge >= 0.3 is 0 Å². The summed E-state index contributed by atoms with van der Waals surface area (Å²) in [6, 6.07) is 6.37. The number of nitrogens with zero attached hydrogens (tertiary/aromatic N) is 2. The normalized spacial score (nSPS) is 28.4. The maximum atomic E-state index is 6.27. The van der Waals surface area contributed by atoms with E-state index in [1.807, 2.05) is 6.07 Å². The van der Waals surface area contributed by atoms with Gasteiger partial charge in [-0.1, -0.05) is 17.7 Å². The second-order valence-electron chi connectivity index (χ2n) is 6.18. The molecule has 1 aromatic rings. The summed E-state index contributed by atoms with van der Waals surface area (Å²) in [5.41, 5.74) is 9.11. The van der Waals surface area contributed by atoms with Crippen molar-refractivity contribution in [3.63, 3.8) is 0 Å². The fraction of sp³-hybridized carbons (Fsp3) is 0.625. The van der Waals surface area contributed by atoms with Gasteiger partial charge in [-0.2, -0.15) is 0 Å². The van der Waals surface area contributed by atoms with Gasteiger partial charge in [0, 0.05) is 37.7 Å². The van der Waals surface area contributed by atoms with Gasteiger partial charge < -0.3 is 10.6 Å². The summed E-state index contributed by atoms with van der Waals surface area (Å²) in [5.74, 6) is 0. The zero-order valence-corrected chi connectivity index (χ0v) is 13.0. The van der Waals surface area contributed by atoms with Gasteiger partial charge in [-0.25, -0.2) is 0 Å². The number of benzene rings is 1. The standard InChI is InChI=1S/C16H24ClN3/c1-19-7-9-20(10-8-19)16(12-18)6-2-3-13-11-14(17)4-5-15(13)16/h4-5,11H,2-3,6-10,12,18H2,1H3. The number of likely N-dealkylation sites (N-methyl/N-ethyl adjacent to an activating group) is 1. The van der Waals surface area contributed by atoms with Crippen LogP contribution in [-0.4, -0.2) is 49.6 Å². The van der Waals surface area contributed by atoms with Crippen LogP contribution in [0.25, 0.3) is 0 Å². The lowest BCUT2D eigenvalue weighted by Crippen LogP contribution is -2.58. The summed E-state index contributed by atoms with van der Waals surface area (Å²) in [5, 5.41) is 0.843. The largest absolute Gasteiger partial charge is 0.328 e. The van der Waals surface area contributed by atoms with E-state index >= 15 is 0 Å². The zero-order chi connectivity index (χ0) is 14.2. The number of halogens is 1. The molecule has 0 radical (unpaired) electrons. The molecule has 1 fully saturated rings. The Bertz CT molecular complexity index is 483. The first-order valence-corrected chi connectivity index (χ1v) is 7.96. The van der Waals surface area contributed by atoms with Gasteiger partial charge in [-0.3, -0.25) is 4.90 Å². The lowest BCUT2D eigenvalue weighted by atomic mass is 9.75. The molecule has 1 aromatic carbocycles. The first kappa shape index (κ1) is 14.3. The van der Waals surface area contributed by atoms with E-state index in [0.717, 1.165) is 37.6 Å². The van der Waals surface area contributed by atoms with Crippen molar-refractivity contribution in [2.45, 2.75) is 24.8 Å². The Hall–Kier alpha value is -0.610. The minimum atomic E-state index is 0.0272. The van der Waals surface area contributed by atoms with Crippen molar-refractivity contribution in [3.8, 4) is 0 Å². The van der Waals surface area contributed by atoms with E-state index in [2.05, 4.69) is 29.0 Å². The molecule has 4 heteroatoms. The van der Waals surface area contributed by atoms with Crippen molar-refractivity contribution < 1.29 is 0 Å². The average Bonchev–Trinajstić information content (AvgIpc) is 2.47. The number of nitrogens with two attached hydrogens (primary N) is 1. The molecule has 1 aliphatic heterocycles. The first-order chi connectivity index (χ1) is 9.65. The highest BCUT2D eigenvalue weighted by Crippen LogP contribution is 2.40. The van der Waals surface area contributed by atoms with Crippen LogP contribution in [-0.2, 0) is 12.0 Å². The van der Waals surface area contributed by atoms with E-state index in [-0.39, 0.29) is 5.54 Å². The lowest BCUT2D eigenvalue weighted by Gasteiger charge is -2.50. The molecule has 0 aromatic heterocycles. The van der Waals surface area contributed by atoms with Crippen molar-refractivity contribution in [2.24, 2.45) is 5.73 Å². The molecule has 3 nitrogen and oxygen atoms in total. The van der Waals surface area contributed by atoms with Crippen LogP contribution in [0.3, 0.4) is 0 Å². The van der Waals surface area contributed by atoms with Crippen LogP contribution in [0.4, 0.5) is 0 Å². The summed E-state index contributed by atoms with van der Waals surface area (Å²) in [4.78, 5) is 5.01. The van der Waals surface area contributed by atoms with E-state index in [0.29, 0.717) is 6.54 Å². The molecule has 1 heterocycles. The number of fused-ring (bicyclic) bond motifs is 1. The molecule has 1 atom stereocenters. The minimum absolute atomic E-state index is 0.0272. The number of piperazine rings is 1. The van der Waals surface area contributed by atoms with Crippen LogP contribution in [0.1, 0.15) is 24.0 Å². The Balaban J connectivity index is 1.97. The molecule has 2 N–H and O–H groups in total. The Morgan fingerprint density at radius 2 is 2.00 bits per heavy atom. The highest BCUT2D eigenvalue weighted by molar-refractivity contribution is 6.30. The molecule has 0 saturated carbocycles. The van der Waals surface area contributed by atoms with Crippen LogP contribution in [0.5, 0.6) is 0 Å². The second kappa shape index (κ2) is 5.64. The van der Waals surface area contributed by atoms with Crippen LogP contribution in [0.15, 0.2) is 18.2 Å². The molecular formula is C16H24ClN3. The SMILES string of the molecule is CN1CCN(C2(CN)CCCc3cc(Cl)ccc32)CC1. The van der Waals surface area contributed by atoms with Gasteiger partial charge in [0.25, 0.3) is 0 Å². The molecule has 0 bridgehead atoms. The van der Waals surface area contributed by atoms with E-state index in [9.17, 15) is 0 Å². The molecule has 110 valence electrons. The third-order valence-corrected chi connectivity index (χ3v) is 5.29. The Labute approximate surface area is 126 Å².